The van der Waals surface area contributed by atoms with Gasteiger partial charge in [0.25, 0.3) is 10.0 Å². The van der Waals surface area contributed by atoms with Crippen LogP contribution in [0.2, 0.25) is 10.0 Å². The minimum absolute atomic E-state index is 0.0225. The standard InChI is InChI=1S/C30H33Cl2N3O5S/c1-21(30(37)33-24-8-4-5-9-24)34(19-22-7-3-6-10-28(22)32)29(36)20-35(25-13-11-23(31)12-14-25)41(38,39)27-17-15-26(40-2)16-18-27/h3,6-7,10-18,21,24H,4-5,8-9,19-20H2,1-2H3,(H,33,37)/t21-/m0/s1. The van der Waals surface area contributed by atoms with Crippen LogP contribution in [0.15, 0.2) is 77.7 Å². The van der Waals surface area contributed by atoms with Crippen LogP contribution in [0.5, 0.6) is 5.75 Å². The number of hydrogen-bond donors (Lipinski definition) is 1. The van der Waals surface area contributed by atoms with E-state index in [4.69, 9.17) is 27.9 Å². The normalized spacial score (nSPS) is 14.3. The Balaban J connectivity index is 1.69. The van der Waals surface area contributed by atoms with Crippen LogP contribution in [0.1, 0.15) is 38.2 Å². The number of carbonyl (C=O) groups is 2. The highest BCUT2D eigenvalue weighted by atomic mass is 35.5. The number of carbonyl (C=O) groups excluding carboxylic acids is 2. The van der Waals surface area contributed by atoms with Crippen molar-refractivity contribution >= 4 is 50.7 Å². The van der Waals surface area contributed by atoms with E-state index in [1.807, 2.05) is 0 Å². The van der Waals surface area contributed by atoms with E-state index in [-0.39, 0.29) is 29.1 Å². The molecule has 1 fully saturated rings. The zero-order valence-electron chi connectivity index (χ0n) is 22.9. The van der Waals surface area contributed by atoms with Crippen LogP contribution in [0.3, 0.4) is 0 Å². The van der Waals surface area contributed by atoms with E-state index in [1.165, 1.54) is 48.4 Å². The van der Waals surface area contributed by atoms with Gasteiger partial charge in [0.2, 0.25) is 11.8 Å². The smallest absolute Gasteiger partial charge is 0.264 e. The largest absolute Gasteiger partial charge is 0.497 e. The zero-order chi connectivity index (χ0) is 29.6. The van der Waals surface area contributed by atoms with Crippen molar-refractivity contribution in [1.82, 2.24) is 10.2 Å². The average Bonchev–Trinajstić information content (AvgIpc) is 3.48. The lowest BCUT2D eigenvalue weighted by Crippen LogP contribution is -2.52. The number of amides is 2. The quantitative estimate of drug-likeness (QED) is 0.299. The van der Waals surface area contributed by atoms with Crippen molar-refractivity contribution in [3.05, 3.63) is 88.4 Å². The van der Waals surface area contributed by atoms with Gasteiger partial charge in [-0.25, -0.2) is 8.42 Å². The lowest BCUT2D eigenvalue weighted by Gasteiger charge is -2.32. The molecule has 0 aromatic heterocycles. The molecule has 0 saturated heterocycles. The topological polar surface area (TPSA) is 96.0 Å². The molecule has 41 heavy (non-hydrogen) atoms. The van der Waals surface area contributed by atoms with Gasteiger partial charge in [-0.15, -0.1) is 0 Å². The summed E-state index contributed by atoms with van der Waals surface area (Å²) < 4.78 is 34.0. The molecule has 0 heterocycles. The Morgan fingerprint density at radius 1 is 0.976 bits per heavy atom. The molecule has 1 saturated carbocycles. The summed E-state index contributed by atoms with van der Waals surface area (Å²) in [7, 11) is -2.72. The highest BCUT2D eigenvalue weighted by molar-refractivity contribution is 7.92. The number of ether oxygens (including phenoxy) is 1. The van der Waals surface area contributed by atoms with Gasteiger partial charge in [-0.3, -0.25) is 13.9 Å². The molecule has 1 aliphatic rings. The van der Waals surface area contributed by atoms with Gasteiger partial charge >= 0.3 is 0 Å². The lowest BCUT2D eigenvalue weighted by atomic mass is 10.1. The van der Waals surface area contributed by atoms with Gasteiger partial charge in [0.1, 0.15) is 18.3 Å². The summed E-state index contributed by atoms with van der Waals surface area (Å²) >= 11 is 12.5. The SMILES string of the molecule is COc1ccc(S(=O)(=O)N(CC(=O)N(Cc2ccccc2Cl)[C@@H](C)C(=O)NC2CCCC2)c2ccc(Cl)cc2)cc1. The van der Waals surface area contributed by atoms with Crippen LogP contribution in [0, 0.1) is 0 Å². The molecule has 0 spiro atoms. The van der Waals surface area contributed by atoms with Crippen molar-refractivity contribution in [2.75, 3.05) is 18.0 Å². The maximum atomic E-state index is 14.0. The first-order valence-corrected chi connectivity index (χ1v) is 15.6. The predicted molar refractivity (Wildman–Crippen MR) is 161 cm³/mol. The summed E-state index contributed by atoms with van der Waals surface area (Å²) in [6, 6.07) is 18.3. The summed E-state index contributed by atoms with van der Waals surface area (Å²) in [5, 5.41) is 3.90. The molecule has 0 aliphatic heterocycles. The van der Waals surface area contributed by atoms with Crippen molar-refractivity contribution in [3.63, 3.8) is 0 Å². The third-order valence-electron chi connectivity index (χ3n) is 7.21. The van der Waals surface area contributed by atoms with Crippen molar-refractivity contribution in [3.8, 4) is 5.75 Å². The van der Waals surface area contributed by atoms with Crippen LogP contribution in [0.4, 0.5) is 5.69 Å². The fourth-order valence-electron chi connectivity index (χ4n) is 4.80. The molecule has 8 nitrogen and oxygen atoms in total. The molecule has 1 atom stereocenters. The number of halogens is 2. The average molecular weight is 619 g/mol. The molecule has 0 bridgehead atoms. The van der Waals surface area contributed by atoms with Gasteiger partial charge in [-0.1, -0.05) is 54.2 Å². The summed E-state index contributed by atoms with van der Waals surface area (Å²) in [6.07, 6.45) is 3.87. The first kappa shape index (κ1) is 30.7. The molecule has 3 aromatic carbocycles. The highest BCUT2D eigenvalue weighted by Crippen LogP contribution is 2.28. The fraction of sp³-hybridized carbons (Fsp3) is 0.333. The number of sulfonamides is 1. The van der Waals surface area contributed by atoms with Crippen molar-refractivity contribution in [1.29, 1.82) is 0 Å². The Kier molecular flexibility index (Phi) is 10.2. The highest BCUT2D eigenvalue weighted by Gasteiger charge is 2.33. The van der Waals surface area contributed by atoms with Crippen LogP contribution in [-0.4, -0.2) is 50.9 Å². The first-order valence-electron chi connectivity index (χ1n) is 13.4. The Morgan fingerprint density at radius 3 is 2.22 bits per heavy atom. The minimum atomic E-state index is -4.21. The minimum Gasteiger partial charge on any atom is -0.497 e. The summed E-state index contributed by atoms with van der Waals surface area (Å²) in [6.45, 7) is 1.11. The summed E-state index contributed by atoms with van der Waals surface area (Å²) in [5.74, 6) is -0.370. The lowest BCUT2D eigenvalue weighted by molar-refractivity contribution is -0.139. The fourth-order valence-corrected chi connectivity index (χ4v) is 6.53. The van der Waals surface area contributed by atoms with Gasteiger partial charge in [0.15, 0.2) is 0 Å². The molecule has 2 amide bonds. The second kappa shape index (κ2) is 13.6. The molecular formula is C30H33Cl2N3O5S. The van der Waals surface area contributed by atoms with Gasteiger partial charge in [0.05, 0.1) is 17.7 Å². The molecular weight excluding hydrogens is 585 g/mol. The van der Waals surface area contributed by atoms with Crippen LogP contribution < -0.4 is 14.4 Å². The maximum Gasteiger partial charge on any atom is 0.264 e. The van der Waals surface area contributed by atoms with E-state index >= 15 is 0 Å². The Hall–Kier alpha value is -3.27. The molecule has 3 aromatic rings. The monoisotopic (exact) mass is 617 g/mol. The van der Waals surface area contributed by atoms with E-state index in [2.05, 4.69) is 5.32 Å². The molecule has 0 radical (unpaired) electrons. The summed E-state index contributed by atoms with van der Waals surface area (Å²) in [4.78, 5) is 28.7. The van der Waals surface area contributed by atoms with Crippen LogP contribution >= 0.6 is 23.2 Å². The molecule has 11 heteroatoms. The predicted octanol–water partition coefficient (Wildman–Crippen LogP) is 5.67. The van der Waals surface area contributed by atoms with Crippen molar-refractivity contribution < 1.29 is 22.7 Å². The Bertz CT molecular complexity index is 1460. The van der Waals surface area contributed by atoms with Crippen molar-refractivity contribution in [2.45, 2.75) is 56.1 Å². The number of hydrogen-bond acceptors (Lipinski definition) is 5. The Morgan fingerprint density at radius 2 is 1.61 bits per heavy atom. The van der Waals surface area contributed by atoms with Crippen molar-refractivity contribution in [2.24, 2.45) is 0 Å². The van der Waals surface area contributed by atoms with Gasteiger partial charge in [0, 0.05) is 22.6 Å². The molecule has 0 unspecified atom stereocenters. The number of anilines is 1. The van der Waals surface area contributed by atoms with E-state index in [0.717, 1.165) is 30.0 Å². The van der Waals surface area contributed by atoms with Crippen LogP contribution in [-0.2, 0) is 26.2 Å². The van der Waals surface area contributed by atoms with E-state index in [1.54, 1.807) is 43.3 Å². The number of nitrogens with one attached hydrogen (secondary N) is 1. The van der Waals surface area contributed by atoms with Crippen LogP contribution in [0.25, 0.3) is 0 Å². The first-order chi connectivity index (χ1) is 19.6. The van der Waals surface area contributed by atoms with Gasteiger partial charge in [-0.2, -0.15) is 0 Å². The second-order valence-electron chi connectivity index (χ2n) is 9.94. The number of methoxy groups -OCH3 is 1. The van der Waals surface area contributed by atoms with Gasteiger partial charge in [-0.05, 0) is 79.9 Å². The third-order valence-corrected chi connectivity index (χ3v) is 9.62. The van der Waals surface area contributed by atoms with E-state index < -0.39 is 28.5 Å². The third kappa shape index (κ3) is 7.52. The number of benzene rings is 3. The Labute approximate surface area is 251 Å². The summed E-state index contributed by atoms with van der Waals surface area (Å²) in [5.41, 5.74) is 0.887. The molecule has 4 rings (SSSR count). The zero-order valence-corrected chi connectivity index (χ0v) is 25.3. The molecule has 218 valence electrons. The molecule has 1 aliphatic carbocycles. The molecule has 1 N–H and O–H groups in total. The van der Waals surface area contributed by atoms with E-state index in [0.29, 0.717) is 21.4 Å². The number of rotatable bonds is 11. The van der Waals surface area contributed by atoms with E-state index in [9.17, 15) is 18.0 Å². The second-order valence-corrected chi connectivity index (χ2v) is 12.6. The van der Waals surface area contributed by atoms with Gasteiger partial charge < -0.3 is 15.0 Å². The maximum absolute atomic E-state index is 14.0. The number of nitrogens with zero attached hydrogens (tertiary/aromatic N) is 2.